The molecule has 35 heavy (non-hydrogen) atoms. The Kier molecular flexibility index (Phi) is 5.19. The Bertz CT molecular complexity index is 1380. The number of rotatable bonds is 4. The molecule has 4 aromatic rings. The lowest BCUT2D eigenvalue weighted by Gasteiger charge is -2.47. The fourth-order valence-electron chi connectivity index (χ4n) is 5.53. The lowest BCUT2D eigenvalue weighted by Crippen LogP contribution is -2.48. The van der Waals surface area contributed by atoms with Crippen LogP contribution in [0.3, 0.4) is 0 Å². The number of aliphatic hydroxyl groups excluding tert-OH is 1. The van der Waals surface area contributed by atoms with E-state index in [1.165, 1.54) is 0 Å². The van der Waals surface area contributed by atoms with Crippen molar-refractivity contribution < 1.29 is 18.3 Å². The number of piperidine rings is 1. The molecule has 1 fully saturated rings. The molecule has 1 saturated heterocycles. The van der Waals surface area contributed by atoms with E-state index in [1.807, 2.05) is 4.90 Å². The van der Waals surface area contributed by atoms with Crippen molar-refractivity contribution in [2.75, 3.05) is 0 Å². The summed E-state index contributed by atoms with van der Waals surface area (Å²) in [6.07, 6.45) is 6.94. The number of fused-ring (bicyclic) bond motifs is 4. The van der Waals surface area contributed by atoms with Gasteiger partial charge in [-0.2, -0.15) is 5.10 Å². The van der Waals surface area contributed by atoms with Crippen LogP contribution in [-0.2, 0) is 13.5 Å². The minimum Gasteiger partial charge on any atom is -0.372 e. The van der Waals surface area contributed by atoms with Crippen LogP contribution in [0.5, 0.6) is 0 Å². The molecule has 11 heteroatoms. The number of aryl methyl sites for hydroxylation is 1. The fourth-order valence-corrected chi connectivity index (χ4v) is 5.53. The predicted molar refractivity (Wildman–Crippen MR) is 119 cm³/mol. The number of hydrogen-bond acceptors (Lipinski definition) is 6. The standard InChI is InChI=1S/C24H22F3N7O/c1-32-23(13-7-17(25)21(27)18(26)8-13)16-9-15-3-2-4-20(22(16)31-32)34(15)24(35)19-10-14(5-6-28-19)33-11-29-30-12-33/h5-8,10-12,15,20,24,35H,2-4,9H2,1H3. The molecule has 2 bridgehead atoms. The van der Waals surface area contributed by atoms with Crippen molar-refractivity contribution in [2.45, 2.75) is 44.0 Å². The van der Waals surface area contributed by atoms with E-state index < -0.39 is 23.7 Å². The second kappa shape index (κ2) is 8.28. The Morgan fingerprint density at radius 3 is 2.54 bits per heavy atom. The van der Waals surface area contributed by atoms with Gasteiger partial charge in [0.1, 0.15) is 12.7 Å². The number of aliphatic hydroxyl groups is 1. The summed E-state index contributed by atoms with van der Waals surface area (Å²) in [6.45, 7) is 0. The van der Waals surface area contributed by atoms with Gasteiger partial charge in [-0.15, -0.1) is 10.2 Å². The second-order valence-electron chi connectivity index (χ2n) is 9.02. The van der Waals surface area contributed by atoms with Crippen LogP contribution < -0.4 is 0 Å². The maximum Gasteiger partial charge on any atom is 0.194 e. The third kappa shape index (κ3) is 3.53. The summed E-state index contributed by atoms with van der Waals surface area (Å²) < 4.78 is 44.9. The van der Waals surface area contributed by atoms with Crippen LogP contribution in [-0.4, -0.2) is 45.6 Å². The molecular weight excluding hydrogens is 459 g/mol. The molecule has 2 aliphatic rings. The lowest BCUT2D eigenvalue weighted by molar-refractivity contribution is -0.0869. The SMILES string of the molecule is Cn1nc2c(c1-c1cc(F)c(F)c(F)c1)CC1CCCC2N1C(O)c1cc(-n2cnnc2)ccn1. The average Bonchev–Trinajstić information content (AvgIpc) is 3.50. The maximum atomic E-state index is 14.0. The number of halogens is 3. The van der Waals surface area contributed by atoms with Crippen molar-refractivity contribution in [3.63, 3.8) is 0 Å². The Balaban J connectivity index is 1.39. The summed E-state index contributed by atoms with van der Waals surface area (Å²) in [5.41, 5.74) is 3.72. The van der Waals surface area contributed by atoms with Gasteiger partial charge in [0.2, 0.25) is 0 Å². The first-order valence-electron chi connectivity index (χ1n) is 11.4. The smallest absolute Gasteiger partial charge is 0.194 e. The monoisotopic (exact) mass is 481 g/mol. The number of benzene rings is 1. The normalized spacial score (nSPS) is 20.6. The van der Waals surface area contributed by atoms with Crippen molar-refractivity contribution in [1.82, 2.24) is 34.4 Å². The molecule has 3 unspecified atom stereocenters. The largest absolute Gasteiger partial charge is 0.372 e. The number of hydrogen-bond donors (Lipinski definition) is 1. The van der Waals surface area contributed by atoms with Gasteiger partial charge in [-0.25, -0.2) is 13.2 Å². The first-order chi connectivity index (χ1) is 16.9. The predicted octanol–water partition coefficient (Wildman–Crippen LogP) is 3.62. The molecule has 3 atom stereocenters. The number of nitrogens with zero attached hydrogens (tertiary/aromatic N) is 7. The van der Waals surface area contributed by atoms with Gasteiger partial charge in [0.15, 0.2) is 23.7 Å². The second-order valence-corrected chi connectivity index (χ2v) is 9.02. The molecule has 0 saturated carbocycles. The van der Waals surface area contributed by atoms with Crippen LogP contribution in [0.2, 0.25) is 0 Å². The highest BCUT2D eigenvalue weighted by atomic mass is 19.2. The molecule has 0 radical (unpaired) electrons. The van der Waals surface area contributed by atoms with Gasteiger partial charge in [-0.1, -0.05) is 0 Å². The average molecular weight is 481 g/mol. The van der Waals surface area contributed by atoms with E-state index in [-0.39, 0.29) is 17.6 Å². The zero-order valence-corrected chi connectivity index (χ0v) is 18.8. The summed E-state index contributed by atoms with van der Waals surface area (Å²) in [5, 5.41) is 23.8. The molecule has 1 N–H and O–H groups in total. The van der Waals surface area contributed by atoms with Gasteiger partial charge in [-0.3, -0.25) is 19.1 Å². The Morgan fingerprint density at radius 2 is 1.80 bits per heavy atom. The van der Waals surface area contributed by atoms with Gasteiger partial charge >= 0.3 is 0 Å². The summed E-state index contributed by atoms with van der Waals surface area (Å²) in [5.74, 6) is -3.96. The first-order valence-corrected chi connectivity index (χ1v) is 11.4. The van der Waals surface area contributed by atoms with E-state index in [1.54, 1.807) is 47.3 Å². The highest BCUT2D eigenvalue weighted by Crippen LogP contribution is 2.47. The van der Waals surface area contributed by atoms with Crippen LogP contribution in [0, 0.1) is 17.5 Å². The summed E-state index contributed by atoms with van der Waals surface area (Å²) >= 11 is 0. The molecule has 8 nitrogen and oxygen atoms in total. The minimum absolute atomic E-state index is 0.0188. The van der Waals surface area contributed by atoms with Gasteiger partial charge < -0.3 is 5.11 Å². The van der Waals surface area contributed by atoms with E-state index in [0.29, 0.717) is 17.8 Å². The summed E-state index contributed by atoms with van der Waals surface area (Å²) in [4.78, 5) is 6.45. The third-order valence-electron chi connectivity index (χ3n) is 7.01. The van der Waals surface area contributed by atoms with E-state index in [9.17, 15) is 18.3 Å². The van der Waals surface area contributed by atoms with Crippen LogP contribution >= 0.6 is 0 Å². The highest BCUT2D eigenvalue weighted by Gasteiger charge is 2.44. The Labute approximate surface area is 198 Å². The van der Waals surface area contributed by atoms with E-state index in [4.69, 9.17) is 5.10 Å². The topological polar surface area (TPSA) is 84.9 Å². The third-order valence-corrected chi connectivity index (χ3v) is 7.01. The van der Waals surface area contributed by atoms with Crippen LogP contribution in [0.1, 0.15) is 48.5 Å². The van der Waals surface area contributed by atoms with Gasteiger partial charge in [0.25, 0.3) is 0 Å². The fraction of sp³-hybridized carbons (Fsp3) is 0.333. The molecule has 5 heterocycles. The van der Waals surface area contributed by atoms with Crippen LogP contribution in [0.4, 0.5) is 13.2 Å². The maximum absolute atomic E-state index is 14.0. The van der Waals surface area contributed by atoms with E-state index in [0.717, 1.165) is 48.3 Å². The molecule has 3 aromatic heterocycles. The molecule has 180 valence electrons. The zero-order valence-electron chi connectivity index (χ0n) is 18.8. The summed E-state index contributed by atoms with van der Waals surface area (Å²) in [7, 11) is 1.71. The molecule has 0 spiro atoms. The van der Waals surface area contributed by atoms with Crippen LogP contribution in [0.25, 0.3) is 16.9 Å². The van der Waals surface area contributed by atoms with E-state index >= 15 is 0 Å². The molecule has 2 aliphatic heterocycles. The first kappa shape index (κ1) is 21.9. The van der Waals surface area contributed by atoms with Crippen molar-refractivity contribution >= 4 is 0 Å². The molecule has 6 rings (SSSR count). The van der Waals surface area contributed by atoms with Crippen molar-refractivity contribution in [2.24, 2.45) is 7.05 Å². The van der Waals surface area contributed by atoms with Crippen molar-refractivity contribution in [3.05, 3.63) is 77.5 Å². The van der Waals surface area contributed by atoms with Gasteiger partial charge in [0, 0.05) is 30.4 Å². The van der Waals surface area contributed by atoms with E-state index in [2.05, 4.69) is 15.2 Å². The van der Waals surface area contributed by atoms with Crippen molar-refractivity contribution in [3.8, 4) is 16.9 Å². The highest BCUT2D eigenvalue weighted by molar-refractivity contribution is 5.66. The Hall–Kier alpha value is -3.57. The lowest BCUT2D eigenvalue weighted by atomic mass is 9.81. The quantitative estimate of drug-likeness (QED) is 0.448. The van der Waals surface area contributed by atoms with Gasteiger partial charge in [-0.05, 0) is 49.9 Å². The molecular formula is C24H22F3N7O. The molecule has 0 amide bonds. The van der Waals surface area contributed by atoms with Crippen molar-refractivity contribution in [1.29, 1.82) is 0 Å². The number of aromatic nitrogens is 6. The Morgan fingerprint density at radius 1 is 1.06 bits per heavy atom. The molecule has 1 aromatic carbocycles. The zero-order chi connectivity index (χ0) is 24.3. The van der Waals surface area contributed by atoms with Crippen LogP contribution in [0.15, 0.2) is 43.1 Å². The summed E-state index contributed by atoms with van der Waals surface area (Å²) in [6, 6.07) is 5.41. The molecule has 0 aliphatic carbocycles. The minimum atomic E-state index is -1.49. The van der Waals surface area contributed by atoms with Gasteiger partial charge in [0.05, 0.1) is 28.8 Å². The number of pyridine rings is 1.